The summed E-state index contributed by atoms with van der Waals surface area (Å²) in [6.07, 6.45) is 0. The van der Waals surface area contributed by atoms with Gasteiger partial charge in [0.15, 0.2) is 0 Å². The van der Waals surface area contributed by atoms with Crippen molar-refractivity contribution in [3.05, 3.63) is 39.2 Å². The topological polar surface area (TPSA) is 104 Å². The molecule has 0 fully saturated rings. The summed E-state index contributed by atoms with van der Waals surface area (Å²) in [5.74, 6) is -1.77. The van der Waals surface area contributed by atoms with E-state index in [0.29, 0.717) is 3.79 Å². The Kier molecular flexibility index (Phi) is 4.26. The second-order valence-corrected chi connectivity index (χ2v) is 8.44. The molecule has 6 nitrogen and oxygen atoms in total. The molecule has 0 saturated carbocycles. The van der Waals surface area contributed by atoms with Crippen molar-refractivity contribution in [2.75, 3.05) is 4.72 Å². The first-order valence-corrected chi connectivity index (χ1v) is 8.65. The van der Waals surface area contributed by atoms with Crippen molar-refractivity contribution in [2.24, 2.45) is 0 Å². The first-order chi connectivity index (χ1) is 9.70. The SMILES string of the molecule is Cc1cc(S(=O)(=O)Nc2ccc(O)c(C(=O)O)c2)sc1Br. The molecule has 0 aliphatic rings. The number of hydrogen-bond acceptors (Lipinski definition) is 5. The summed E-state index contributed by atoms with van der Waals surface area (Å²) in [6, 6.07) is 4.98. The zero-order valence-electron chi connectivity index (χ0n) is 10.6. The fourth-order valence-electron chi connectivity index (χ4n) is 1.54. The number of carboxylic acid groups (broad SMARTS) is 1. The van der Waals surface area contributed by atoms with E-state index in [1.165, 1.54) is 12.1 Å². The van der Waals surface area contributed by atoms with Crippen molar-refractivity contribution in [3.63, 3.8) is 0 Å². The molecule has 1 heterocycles. The van der Waals surface area contributed by atoms with E-state index in [0.717, 1.165) is 29.0 Å². The van der Waals surface area contributed by atoms with Crippen LogP contribution < -0.4 is 4.72 Å². The highest BCUT2D eigenvalue weighted by atomic mass is 79.9. The van der Waals surface area contributed by atoms with Crippen LogP contribution in [0.15, 0.2) is 32.3 Å². The number of aromatic hydroxyl groups is 1. The lowest BCUT2D eigenvalue weighted by atomic mass is 10.2. The third-order valence-corrected chi connectivity index (χ3v) is 6.57. The first-order valence-electron chi connectivity index (χ1n) is 5.56. The summed E-state index contributed by atoms with van der Waals surface area (Å²) < 4.78 is 27.5. The molecule has 21 heavy (non-hydrogen) atoms. The van der Waals surface area contributed by atoms with Gasteiger partial charge in [0, 0.05) is 5.69 Å². The van der Waals surface area contributed by atoms with E-state index in [1.807, 2.05) is 0 Å². The van der Waals surface area contributed by atoms with E-state index in [-0.39, 0.29) is 15.5 Å². The number of anilines is 1. The Bertz CT molecular complexity index is 794. The highest BCUT2D eigenvalue weighted by molar-refractivity contribution is 9.11. The van der Waals surface area contributed by atoms with E-state index in [2.05, 4.69) is 20.7 Å². The lowest BCUT2D eigenvalue weighted by Crippen LogP contribution is -2.12. The van der Waals surface area contributed by atoms with Crippen LogP contribution in [-0.4, -0.2) is 24.6 Å². The molecule has 3 N–H and O–H groups in total. The lowest BCUT2D eigenvalue weighted by molar-refractivity contribution is 0.0694. The molecule has 0 atom stereocenters. The van der Waals surface area contributed by atoms with E-state index in [9.17, 15) is 18.3 Å². The number of nitrogens with one attached hydrogen (secondary N) is 1. The Hall–Kier alpha value is -1.58. The van der Waals surface area contributed by atoms with Gasteiger partial charge in [-0.2, -0.15) is 0 Å². The number of thiophene rings is 1. The average Bonchev–Trinajstić information content (AvgIpc) is 2.72. The van der Waals surface area contributed by atoms with Crippen LogP contribution in [0.1, 0.15) is 15.9 Å². The van der Waals surface area contributed by atoms with Crippen molar-refractivity contribution in [3.8, 4) is 5.75 Å². The Balaban J connectivity index is 2.37. The molecule has 0 amide bonds. The molecular weight excluding hydrogens is 382 g/mol. The zero-order chi connectivity index (χ0) is 15.8. The highest BCUT2D eigenvalue weighted by Gasteiger charge is 2.19. The minimum absolute atomic E-state index is 0.0624. The molecule has 2 rings (SSSR count). The van der Waals surface area contributed by atoms with Crippen LogP contribution in [0.3, 0.4) is 0 Å². The quantitative estimate of drug-likeness (QED) is 0.694. The highest BCUT2D eigenvalue weighted by Crippen LogP contribution is 2.32. The van der Waals surface area contributed by atoms with Gasteiger partial charge in [-0.3, -0.25) is 4.72 Å². The smallest absolute Gasteiger partial charge is 0.339 e. The van der Waals surface area contributed by atoms with E-state index in [4.69, 9.17) is 5.11 Å². The van der Waals surface area contributed by atoms with Crippen molar-refractivity contribution in [2.45, 2.75) is 11.1 Å². The molecule has 0 radical (unpaired) electrons. The number of carbonyl (C=O) groups is 1. The van der Waals surface area contributed by atoms with Gasteiger partial charge >= 0.3 is 5.97 Å². The molecule has 0 saturated heterocycles. The molecule has 1 aromatic heterocycles. The van der Waals surface area contributed by atoms with Crippen LogP contribution in [0, 0.1) is 6.92 Å². The summed E-state index contributed by atoms with van der Waals surface area (Å²) in [4.78, 5) is 10.9. The van der Waals surface area contributed by atoms with E-state index >= 15 is 0 Å². The largest absolute Gasteiger partial charge is 0.507 e. The van der Waals surface area contributed by atoms with E-state index in [1.54, 1.807) is 6.92 Å². The monoisotopic (exact) mass is 391 g/mol. The maximum atomic E-state index is 12.2. The number of sulfonamides is 1. The normalized spacial score (nSPS) is 11.3. The Morgan fingerprint density at radius 3 is 2.52 bits per heavy atom. The van der Waals surface area contributed by atoms with Gasteiger partial charge in [0.05, 0.1) is 3.79 Å². The lowest BCUT2D eigenvalue weighted by Gasteiger charge is -2.08. The number of carboxylic acids is 1. The van der Waals surface area contributed by atoms with Crippen LogP contribution in [0.5, 0.6) is 5.75 Å². The van der Waals surface area contributed by atoms with Crippen LogP contribution >= 0.6 is 27.3 Å². The molecule has 0 unspecified atom stereocenters. The number of aromatic carboxylic acids is 1. The molecule has 0 spiro atoms. The predicted octanol–water partition coefficient (Wildman–Crippen LogP) is 3.02. The number of aryl methyl sites for hydroxylation is 1. The molecule has 9 heteroatoms. The van der Waals surface area contributed by atoms with E-state index < -0.39 is 21.7 Å². The molecule has 1 aromatic carbocycles. The average molecular weight is 392 g/mol. The fraction of sp³-hybridized carbons (Fsp3) is 0.0833. The summed E-state index contributed by atoms with van der Waals surface area (Å²) >= 11 is 4.30. The van der Waals surface area contributed by atoms with Gasteiger partial charge in [0.1, 0.15) is 15.5 Å². The molecule has 0 aliphatic carbocycles. The predicted molar refractivity (Wildman–Crippen MR) is 82.6 cm³/mol. The van der Waals surface area contributed by atoms with Gasteiger partial charge in [0.2, 0.25) is 0 Å². The molecule has 2 aromatic rings. The third kappa shape index (κ3) is 3.36. The van der Waals surface area contributed by atoms with Crippen LogP contribution in [0.25, 0.3) is 0 Å². The Morgan fingerprint density at radius 2 is 2.00 bits per heavy atom. The first kappa shape index (κ1) is 15.8. The molecular formula is C12H10BrNO5S2. The number of hydrogen-bond donors (Lipinski definition) is 3. The van der Waals surface area contributed by atoms with Crippen LogP contribution in [0.4, 0.5) is 5.69 Å². The minimum Gasteiger partial charge on any atom is -0.507 e. The Labute approximate surface area is 133 Å². The van der Waals surface area contributed by atoms with Crippen molar-refractivity contribution < 1.29 is 23.4 Å². The molecule has 0 bridgehead atoms. The molecule has 112 valence electrons. The second-order valence-electron chi connectivity index (χ2n) is 4.16. The fourth-order valence-corrected chi connectivity index (χ4v) is 4.82. The van der Waals surface area contributed by atoms with Crippen molar-refractivity contribution >= 4 is 48.9 Å². The number of halogens is 1. The third-order valence-electron chi connectivity index (χ3n) is 2.58. The van der Waals surface area contributed by atoms with Crippen LogP contribution in [0.2, 0.25) is 0 Å². The summed E-state index contributed by atoms with van der Waals surface area (Å²) in [7, 11) is -3.81. The minimum atomic E-state index is -3.81. The van der Waals surface area contributed by atoms with Crippen molar-refractivity contribution in [1.29, 1.82) is 0 Å². The van der Waals surface area contributed by atoms with Gasteiger partial charge in [-0.1, -0.05) is 0 Å². The van der Waals surface area contributed by atoms with Gasteiger partial charge in [-0.25, -0.2) is 13.2 Å². The standard InChI is InChI=1S/C12H10BrNO5S2/c1-6-4-10(20-11(6)13)21(18,19)14-7-2-3-9(15)8(5-7)12(16)17/h2-5,14-15H,1H3,(H,16,17). The Morgan fingerprint density at radius 1 is 1.33 bits per heavy atom. The van der Waals surface area contributed by atoms with Gasteiger partial charge in [-0.15, -0.1) is 11.3 Å². The van der Waals surface area contributed by atoms with Crippen molar-refractivity contribution in [1.82, 2.24) is 0 Å². The van der Waals surface area contributed by atoms with Gasteiger partial charge < -0.3 is 10.2 Å². The second kappa shape index (κ2) is 5.66. The summed E-state index contributed by atoms with van der Waals surface area (Å²) in [6.45, 7) is 1.77. The maximum absolute atomic E-state index is 12.2. The number of rotatable bonds is 4. The van der Waals surface area contributed by atoms with Gasteiger partial charge in [0.25, 0.3) is 10.0 Å². The maximum Gasteiger partial charge on any atom is 0.339 e. The van der Waals surface area contributed by atoms with Gasteiger partial charge in [-0.05, 0) is 52.7 Å². The number of benzene rings is 1. The van der Waals surface area contributed by atoms with Crippen LogP contribution in [-0.2, 0) is 10.0 Å². The summed E-state index contributed by atoms with van der Waals surface area (Å²) in [5, 5.41) is 18.3. The number of phenols is 1. The summed E-state index contributed by atoms with van der Waals surface area (Å²) in [5.41, 5.74) is 0.475. The molecule has 0 aliphatic heterocycles. The zero-order valence-corrected chi connectivity index (χ0v) is 13.8.